The van der Waals surface area contributed by atoms with Crippen molar-refractivity contribution in [1.29, 1.82) is 0 Å². The van der Waals surface area contributed by atoms with Gasteiger partial charge in [-0.2, -0.15) is 0 Å². The maximum absolute atomic E-state index is 11.6. The number of aliphatic carboxylic acids is 1. The number of ketones is 1. The predicted molar refractivity (Wildman–Crippen MR) is 49.7 cm³/mol. The number of hydrogen-bond acceptors (Lipinski definition) is 3. The SMILES string of the molecule is Cc1ccccc1C(=O)C(C)C(=O)[O-]. The first kappa shape index (κ1) is 10.4. The van der Waals surface area contributed by atoms with Crippen LogP contribution in [0.2, 0.25) is 0 Å². The lowest BCUT2D eigenvalue weighted by molar-refractivity contribution is -0.308. The Bertz CT molecular complexity index is 369. The first-order valence-corrected chi connectivity index (χ1v) is 4.34. The molecule has 14 heavy (non-hydrogen) atoms. The second kappa shape index (κ2) is 4.05. The molecular weight excluding hydrogens is 180 g/mol. The van der Waals surface area contributed by atoms with E-state index < -0.39 is 17.7 Å². The highest BCUT2D eigenvalue weighted by Crippen LogP contribution is 2.12. The molecule has 1 unspecified atom stereocenters. The molecule has 0 saturated heterocycles. The van der Waals surface area contributed by atoms with E-state index in [0.29, 0.717) is 5.56 Å². The van der Waals surface area contributed by atoms with Crippen LogP contribution in [0.4, 0.5) is 0 Å². The number of carbonyl (C=O) groups is 2. The Morgan fingerprint density at radius 2 is 1.86 bits per heavy atom. The highest BCUT2D eigenvalue weighted by Gasteiger charge is 2.17. The van der Waals surface area contributed by atoms with Crippen LogP contribution >= 0.6 is 0 Å². The lowest BCUT2D eigenvalue weighted by Crippen LogP contribution is -2.34. The van der Waals surface area contributed by atoms with Crippen LogP contribution in [0.5, 0.6) is 0 Å². The third-order valence-electron chi connectivity index (χ3n) is 2.16. The summed E-state index contributed by atoms with van der Waals surface area (Å²) in [7, 11) is 0. The molecular formula is C11H11O3-. The summed E-state index contributed by atoms with van der Waals surface area (Å²) in [4.78, 5) is 22.1. The molecule has 0 aliphatic heterocycles. The third-order valence-corrected chi connectivity index (χ3v) is 2.16. The molecule has 1 rings (SSSR count). The average Bonchev–Trinajstić information content (AvgIpc) is 2.16. The van der Waals surface area contributed by atoms with Gasteiger partial charge < -0.3 is 9.90 Å². The molecule has 0 saturated carbocycles. The molecule has 74 valence electrons. The quantitative estimate of drug-likeness (QED) is 0.518. The first-order chi connectivity index (χ1) is 6.54. The summed E-state index contributed by atoms with van der Waals surface area (Å²) >= 11 is 0. The average molecular weight is 191 g/mol. The second-order valence-electron chi connectivity index (χ2n) is 3.22. The minimum atomic E-state index is -1.33. The van der Waals surface area contributed by atoms with Crippen LogP contribution in [0.3, 0.4) is 0 Å². The van der Waals surface area contributed by atoms with Gasteiger partial charge in [0.2, 0.25) is 0 Å². The number of hydrogen-bond donors (Lipinski definition) is 0. The lowest BCUT2D eigenvalue weighted by Gasteiger charge is -2.12. The normalized spacial score (nSPS) is 12.1. The molecule has 1 aromatic carbocycles. The van der Waals surface area contributed by atoms with Crippen molar-refractivity contribution in [2.75, 3.05) is 0 Å². The molecule has 3 nitrogen and oxygen atoms in total. The van der Waals surface area contributed by atoms with Crippen molar-refractivity contribution >= 4 is 11.8 Å². The summed E-state index contributed by atoms with van der Waals surface area (Å²) in [6, 6.07) is 6.91. The van der Waals surface area contributed by atoms with E-state index in [0.717, 1.165) is 5.56 Å². The van der Waals surface area contributed by atoms with Crippen LogP contribution in [0.1, 0.15) is 22.8 Å². The van der Waals surface area contributed by atoms with Crippen molar-refractivity contribution in [3.05, 3.63) is 35.4 Å². The summed E-state index contributed by atoms with van der Waals surface area (Å²) in [5, 5.41) is 10.5. The van der Waals surface area contributed by atoms with Crippen molar-refractivity contribution in [2.24, 2.45) is 5.92 Å². The molecule has 0 radical (unpaired) electrons. The van der Waals surface area contributed by atoms with Crippen LogP contribution in [-0.4, -0.2) is 11.8 Å². The van der Waals surface area contributed by atoms with E-state index >= 15 is 0 Å². The van der Waals surface area contributed by atoms with Crippen molar-refractivity contribution in [1.82, 2.24) is 0 Å². The highest BCUT2D eigenvalue weighted by molar-refractivity contribution is 6.08. The van der Waals surface area contributed by atoms with E-state index in [1.807, 2.05) is 0 Å². The Hall–Kier alpha value is -1.64. The van der Waals surface area contributed by atoms with Gasteiger partial charge in [0.25, 0.3) is 0 Å². The van der Waals surface area contributed by atoms with Gasteiger partial charge in [0, 0.05) is 5.56 Å². The van der Waals surface area contributed by atoms with Gasteiger partial charge in [-0.25, -0.2) is 0 Å². The first-order valence-electron chi connectivity index (χ1n) is 4.34. The molecule has 0 fully saturated rings. The zero-order chi connectivity index (χ0) is 10.7. The van der Waals surface area contributed by atoms with E-state index in [-0.39, 0.29) is 0 Å². The van der Waals surface area contributed by atoms with Crippen LogP contribution < -0.4 is 5.11 Å². The monoisotopic (exact) mass is 191 g/mol. The van der Waals surface area contributed by atoms with Gasteiger partial charge >= 0.3 is 0 Å². The van der Waals surface area contributed by atoms with E-state index in [1.54, 1.807) is 31.2 Å². The van der Waals surface area contributed by atoms with Crippen LogP contribution in [0.25, 0.3) is 0 Å². The van der Waals surface area contributed by atoms with Gasteiger partial charge in [-0.3, -0.25) is 4.79 Å². The van der Waals surface area contributed by atoms with E-state index in [9.17, 15) is 14.7 Å². The van der Waals surface area contributed by atoms with Crippen molar-refractivity contribution < 1.29 is 14.7 Å². The molecule has 1 atom stereocenters. The minimum absolute atomic E-state index is 0.400. The molecule has 3 heteroatoms. The Balaban J connectivity index is 3.01. The zero-order valence-electron chi connectivity index (χ0n) is 8.11. The van der Waals surface area contributed by atoms with E-state index in [2.05, 4.69) is 0 Å². The third kappa shape index (κ3) is 1.99. The molecule has 0 amide bonds. The standard InChI is InChI=1S/C11H12O3/c1-7-5-3-4-6-9(7)10(12)8(2)11(13)14/h3-6,8H,1-2H3,(H,13,14)/p-1. The molecule has 0 spiro atoms. The summed E-state index contributed by atoms with van der Waals surface area (Å²) in [6.07, 6.45) is 0. The summed E-state index contributed by atoms with van der Waals surface area (Å²) < 4.78 is 0. The molecule has 0 bridgehead atoms. The largest absolute Gasteiger partial charge is 0.549 e. The molecule has 0 heterocycles. The van der Waals surface area contributed by atoms with Gasteiger partial charge in [-0.1, -0.05) is 24.3 Å². The van der Waals surface area contributed by atoms with E-state index in [1.165, 1.54) is 6.92 Å². The smallest absolute Gasteiger partial charge is 0.171 e. The van der Waals surface area contributed by atoms with E-state index in [4.69, 9.17) is 0 Å². The van der Waals surface area contributed by atoms with Crippen LogP contribution in [-0.2, 0) is 4.79 Å². The highest BCUT2D eigenvalue weighted by atomic mass is 16.4. The van der Waals surface area contributed by atoms with Gasteiger partial charge in [-0.15, -0.1) is 0 Å². The number of carbonyl (C=O) groups excluding carboxylic acids is 2. The molecule has 0 N–H and O–H groups in total. The summed E-state index contributed by atoms with van der Waals surface area (Å²) in [6.45, 7) is 3.11. The Morgan fingerprint density at radius 1 is 1.29 bits per heavy atom. The number of benzene rings is 1. The van der Waals surface area contributed by atoms with Crippen molar-refractivity contribution in [2.45, 2.75) is 13.8 Å². The number of carboxylic acids is 1. The number of carboxylic acid groups (broad SMARTS) is 1. The minimum Gasteiger partial charge on any atom is -0.549 e. The molecule has 1 aromatic rings. The van der Waals surface area contributed by atoms with Gasteiger partial charge in [0.15, 0.2) is 5.78 Å². The molecule has 0 aliphatic carbocycles. The van der Waals surface area contributed by atoms with Crippen molar-refractivity contribution in [3.8, 4) is 0 Å². The zero-order valence-corrected chi connectivity index (χ0v) is 8.11. The lowest BCUT2D eigenvalue weighted by atomic mass is 9.96. The topological polar surface area (TPSA) is 57.2 Å². The number of rotatable bonds is 3. The maximum atomic E-state index is 11.6. The maximum Gasteiger partial charge on any atom is 0.171 e. The second-order valence-corrected chi connectivity index (χ2v) is 3.22. The fraction of sp³-hybridized carbons (Fsp3) is 0.273. The molecule has 0 aromatic heterocycles. The van der Waals surface area contributed by atoms with Gasteiger partial charge in [0.1, 0.15) is 0 Å². The fourth-order valence-corrected chi connectivity index (χ4v) is 1.19. The van der Waals surface area contributed by atoms with Crippen molar-refractivity contribution in [3.63, 3.8) is 0 Å². The van der Waals surface area contributed by atoms with Crippen LogP contribution in [0, 0.1) is 12.8 Å². The van der Waals surface area contributed by atoms with Gasteiger partial charge in [0.05, 0.1) is 11.9 Å². The van der Waals surface area contributed by atoms with Crippen LogP contribution in [0.15, 0.2) is 24.3 Å². The summed E-state index contributed by atoms with van der Waals surface area (Å²) in [5.74, 6) is -2.82. The number of aryl methyl sites for hydroxylation is 1. The predicted octanol–water partition coefficient (Wildman–Crippen LogP) is 0.564. The molecule has 0 aliphatic rings. The Labute approximate surface area is 82.4 Å². The summed E-state index contributed by atoms with van der Waals surface area (Å²) in [5.41, 5.74) is 1.23. The van der Waals surface area contributed by atoms with Gasteiger partial charge in [-0.05, 0) is 19.4 Å². The number of Topliss-reactive ketones (excluding diaryl/α,β-unsaturated/α-hetero) is 1. The Morgan fingerprint density at radius 3 is 2.36 bits per heavy atom. The Kier molecular flexibility index (Phi) is 3.02. The fourth-order valence-electron chi connectivity index (χ4n) is 1.19.